The van der Waals surface area contributed by atoms with Crippen molar-refractivity contribution in [2.75, 3.05) is 12.4 Å². The average Bonchev–Trinajstić information content (AvgIpc) is 2.73. The number of aromatic nitrogens is 1. The molecular weight excluding hydrogens is 366 g/mol. The highest BCUT2D eigenvalue weighted by Gasteiger charge is 2.28. The van der Waals surface area contributed by atoms with Crippen LogP contribution in [0.2, 0.25) is 0 Å². The number of rotatable bonds is 7. The van der Waals surface area contributed by atoms with Crippen LogP contribution in [0.3, 0.4) is 0 Å². The van der Waals surface area contributed by atoms with Crippen LogP contribution >= 0.6 is 0 Å². The Bertz CT molecular complexity index is 885. The molecule has 1 aliphatic rings. The van der Waals surface area contributed by atoms with Crippen molar-refractivity contribution >= 4 is 11.6 Å². The summed E-state index contributed by atoms with van der Waals surface area (Å²) in [6, 6.07) is 9.54. The molecule has 1 heterocycles. The molecule has 2 aromatic rings. The van der Waals surface area contributed by atoms with E-state index in [4.69, 9.17) is 4.74 Å². The lowest BCUT2D eigenvalue weighted by Gasteiger charge is -2.37. The van der Waals surface area contributed by atoms with E-state index in [-0.39, 0.29) is 17.5 Å². The fourth-order valence-corrected chi connectivity index (χ4v) is 4.11. The van der Waals surface area contributed by atoms with E-state index in [1.807, 2.05) is 23.1 Å². The molecule has 0 saturated heterocycles. The Kier molecular flexibility index (Phi) is 6.96. The van der Waals surface area contributed by atoms with Gasteiger partial charge in [-0.15, -0.1) is 0 Å². The van der Waals surface area contributed by atoms with Gasteiger partial charge in [0.05, 0.1) is 7.11 Å². The zero-order chi connectivity index (χ0) is 20.8. The first-order valence-corrected chi connectivity index (χ1v) is 10.4. The Morgan fingerprint density at radius 3 is 2.66 bits per heavy atom. The zero-order valence-electron chi connectivity index (χ0n) is 17.5. The van der Waals surface area contributed by atoms with Gasteiger partial charge in [0.25, 0.3) is 11.5 Å². The number of anilines is 1. The lowest BCUT2D eigenvalue weighted by Crippen LogP contribution is -2.45. The van der Waals surface area contributed by atoms with Crippen LogP contribution in [0, 0.1) is 0 Å². The number of carbonyl (C=O) groups is 1. The number of nitrogens with zero attached hydrogens (tertiary/aromatic N) is 1. The van der Waals surface area contributed by atoms with E-state index in [0.29, 0.717) is 29.6 Å². The molecular formula is C23H31N3O3. The van der Waals surface area contributed by atoms with E-state index in [1.165, 1.54) is 19.3 Å². The van der Waals surface area contributed by atoms with Crippen LogP contribution in [0.5, 0.6) is 5.75 Å². The van der Waals surface area contributed by atoms with Gasteiger partial charge in [0.1, 0.15) is 11.4 Å². The van der Waals surface area contributed by atoms with E-state index in [0.717, 1.165) is 18.4 Å². The Morgan fingerprint density at radius 1 is 1.24 bits per heavy atom. The van der Waals surface area contributed by atoms with Crippen LogP contribution in [0.4, 0.5) is 5.69 Å². The molecule has 0 radical (unpaired) electrons. The van der Waals surface area contributed by atoms with Crippen molar-refractivity contribution in [1.82, 2.24) is 9.88 Å². The van der Waals surface area contributed by atoms with Crippen molar-refractivity contribution in [3.63, 3.8) is 0 Å². The lowest BCUT2D eigenvalue weighted by atomic mass is 9.92. The van der Waals surface area contributed by atoms with E-state index in [1.54, 1.807) is 25.4 Å². The van der Waals surface area contributed by atoms with Crippen LogP contribution in [0.15, 0.2) is 41.3 Å². The van der Waals surface area contributed by atoms with Crippen molar-refractivity contribution in [3.8, 4) is 5.75 Å². The number of carbonyl (C=O) groups excluding carboxylic acids is 1. The summed E-state index contributed by atoms with van der Waals surface area (Å²) in [7, 11) is 1.60. The van der Waals surface area contributed by atoms with Gasteiger partial charge in [-0.05, 0) is 51.0 Å². The first-order valence-electron chi connectivity index (χ1n) is 10.4. The van der Waals surface area contributed by atoms with Crippen molar-refractivity contribution < 1.29 is 9.53 Å². The van der Waals surface area contributed by atoms with Crippen molar-refractivity contribution in [2.45, 2.75) is 64.6 Å². The van der Waals surface area contributed by atoms with E-state index in [9.17, 15) is 9.59 Å². The summed E-state index contributed by atoms with van der Waals surface area (Å²) in [5, 5.41) is 3.13. The summed E-state index contributed by atoms with van der Waals surface area (Å²) in [6.45, 7) is 4.60. The number of methoxy groups -OCH3 is 1. The number of H-pyrrole nitrogens is 1. The van der Waals surface area contributed by atoms with Gasteiger partial charge in [-0.2, -0.15) is 0 Å². The number of pyridine rings is 1. The first kappa shape index (κ1) is 21.0. The van der Waals surface area contributed by atoms with Gasteiger partial charge in [-0.3, -0.25) is 9.59 Å². The number of aromatic amines is 1. The third kappa shape index (κ3) is 5.00. The smallest absolute Gasteiger partial charge is 0.271 e. The number of nitrogens with one attached hydrogen (secondary N) is 2. The first-order chi connectivity index (χ1) is 14.0. The highest BCUT2D eigenvalue weighted by atomic mass is 16.5. The molecule has 3 rings (SSSR count). The second-order valence-corrected chi connectivity index (χ2v) is 7.89. The van der Waals surface area contributed by atoms with E-state index in [2.05, 4.69) is 24.1 Å². The van der Waals surface area contributed by atoms with Gasteiger partial charge >= 0.3 is 0 Å². The molecule has 156 valence electrons. The largest absolute Gasteiger partial charge is 0.496 e. The fraction of sp³-hybridized carbons (Fsp3) is 0.478. The van der Waals surface area contributed by atoms with Crippen LogP contribution < -0.4 is 15.6 Å². The Morgan fingerprint density at radius 2 is 2.00 bits per heavy atom. The van der Waals surface area contributed by atoms with E-state index < -0.39 is 0 Å². The zero-order valence-corrected chi connectivity index (χ0v) is 17.5. The van der Waals surface area contributed by atoms with Gasteiger partial charge in [0.15, 0.2) is 0 Å². The number of amides is 1. The summed E-state index contributed by atoms with van der Waals surface area (Å²) >= 11 is 0. The molecule has 0 atom stereocenters. The van der Waals surface area contributed by atoms with Gasteiger partial charge in [0, 0.05) is 36.0 Å². The summed E-state index contributed by atoms with van der Waals surface area (Å²) in [4.78, 5) is 29.8. The second-order valence-electron chi connectivity index (χ2n) is 7.89. The number of hydrogen-bond donors (Lipinski definition) is 2. The van der Waals surface area contributed by atoms with Gasteiger partial charge in [-0.25, -0.2) is 0 Å². The monoisotopic (exact) mass is 397 g/mol. The maximum absolute atomic E-state index is 13.3. The SMILES string of the molecule is COc1cc(C(=O)N(C(C)C)C2CCCCC2)ccc1CNc1ccc[nH]c1=O. The maximum atomic E-state index is 13.3. The highest BCUT2D eigenvalue weighted by Crippen LogP contribution is 2.28. The summed E-state index contributed by atoms with van der Waals surface area (Å²) in [6.07, 6.45) is 7.39. The molecule has 0 spiro atoms. The topological polar surface area (TPSA) is 74.4 Å². The molecule has 1 saturated carbocycles. The molecule has 0 bridgehead atoms. The Hall–Kier alpha value is -2.76. The standard InChI is InChI=1S/C23H31N3O3/c1-16(2)26(19-8-5-4-6-9-19)23(28)17-11-12-18(21(14-17)29-3)15-25-20-10-7-13-24-22(20)27/h7,10-14,16,19,25H,4-6,8-9,15H2,1-3H3,(H,24,27). The Balaban J connectivity index is 1.78. The second kappa shape index (κ2) is 9.63. The van der Waals surface area contributed by atoms with Crippen LogP contribution in [0.25, 0.3) is 0 Å². The highest BCUT2D eigenvalue weighted by molar-refractivity contribution is 5.95. The number of benzene rings is 1. The lowest BCUT2D eigenvalue weighted by molar-refractivity contribution is 0.0555. The molecule has 1 aromatic heterocycles. The summed E-state index contributed by atoms with van der Waals surface area (Å²) < 4.78 is 5.54. The van der Waals surface area contributed by atoms with Crippen molar-refractivity contribution in [2.24, 2.45) is 0 Å². The number of hydrogen-bond acceptors (Lipinski definition) is 4. The Labute approximate surface area is 172 Å². The predicted molar refractivity (Wildman–Crippen MR) is 116 cm³/mol. The van der Waals surface area contributed by atoms with Gasteiger partial charge in [0.2, 0.25) is 0 Å². The van der Waals surface area contributed by atoms with Crippen LogP contribution in [0.1, 0.15) is 61.9 Å². The normalized spacial score (nSPS) is 14.6. The molecule has 1 fully saturated rings. The van der Waals surface area contributed by atoms with Crippen LogP contribution in [-0.2, 0) is 6.54 Å². The third-order valence-electron chi connectivity index (χ3n) is 5.58. The van der Waals surface area contributed by atoms with Gasteiger partial charge < -0.3 is 19.9 Å². The molecule has 1 aromatic carbocycles. The molecule has 1 amide bonds. The molecule has 29 heavy (non-hydrogen) atoms. The van der Waals surface area contributed by atoms with Crippen molar-refractivity contribution in [1.29, 1.82) is 0 Å². The number of ether oxygens (including phenoxy) is 1. The average molecular weight is 398 g/mol. The maximum Gasteiger partial charge on any atom is 0.271 e. The quantitative estimate of drug-likeness (QED) is 0.735. The van der Waals surface area contributed by atoms with E-state index >= 15 is 0 Å². The molecule has 0 unspecified atom stereocenters. The fourth-order valence-electron chi connectivity index (χ4n) is 4.11. The summed E-state index contributed by atoms with van der Waals surface area (Å²) in [5.41, 5.74) is 1.86. The molecule has 1 aliphatic carbocycles. The summed E-state index contributed by atoms with van der Waals surface area (Å²) in [5.74, 6) is 0.701. The molecule has 2 N–H and O–H groups in total. The third-order valence-corrected chi connectivity index (χ3v) is 5.58. The minimum absolute atomic E-state index is 0.0595. The minimum Gasteiger partial charge on any atom is -0.496 e. The minimum atomic E-state index is -0.168. The van der Waals surface area contributed by atoms with Crippen LogP contribution in [-0.4, -0.2) is 35.0 Å². The van der Waals surface area contributed by atoms with Gasteiger partial charge in [-0.1, -0.05) is 25.3 Å². The predicted octanol–water partition coefficient (Wildman–Crippen LogP) is 4.18. The molecule has 6 nitrogen and oxygen atoms in total. The molecule has 6 heteroatoms. The molecule has 0 aliphatic heterocycles. The van der Waals surface area contributed by atoms with Crippen molar-refractivity contribution in [3.05, 3.63) is 58.0 Å².